The van der Waals surface area contributed by atoms with Crippen LogP contribution in [-0.4, -0.2) is 31.8 Å². The first-order valence-electron chi connectivity index (χ1n) is 6.39. The Morgan fingerprint density at radius 1 is 1.45 bits per heavy atom. The van der Waals surface area contributed by atoms with Crippen molar-refractivity contribution >= 4 is 31.9 Å². The molecule has 5 nitrogen and oxygen atoms in total. The fourth-order valence-electron chi connectivity index (χ4n) is 2.19. The molecular formula is C13H17BrN2O3S. The molecule has 2 N–H and O–H groups in total. The quantitative estimate of drug-likeness (QED) is 0.891. The van der Waals surface area contributed by atoms with E-state index in [-0.39, 0.29) is 16.8 Å². The monoisotopic (exact) mass is 360 g/mol. The molecule has 1 aromatic carbocycles. The predicted octanol–water partition coefficient (Wildman–Crippen LogP) is 2.03. The molecule has 0 bridgehead atoms. The summed E-state index contributed by atoms with van der Waals surface area (Å²) in [7, 11) is -3.87. The third-order valence-corrected chi connectivity index (χ3v) is 5.61. The Kier molecular flexibility index (Phi) is 4.22. The Hall–Kier alpha value is -0.920. The van der Waals surface area contributed by atoms with E-state index in [1.54, 1.807) is 17.9 Å². The average Bonchev–Trinajstić information content (AvgIpc) is 3.16. The molecule has 0 atom stereocenters. The molecule has 0 unspecified atom stereocenters. The molecule has 1 saturated carbocycles. The van der Waals surface area contributed by atoms with Gasteiger partial charge in [0.25, 0.3) is 5.91 Å². The molecule has 1 fully saturated rings. The minimum Gasteiger partial charge on any atom is -0.336 e. The van der Waals surface area contributed by atoms with Crippen LogP contribution in [0.25, 0.3) is 0 Å². The van der Waals surface area contributed by atoms with Crippen LogP contribution in [0.4, 0.5) is 0 Å². The Labute approximate surface area is 127 Å². The number of benzene rings is 1. The van der Waals surface area contributed by atoms with Gasteiger partial charge in [-0.3, -0.25) is 4.79 Å². The van der Waals surface area contributed by atoms with Crippen molar-refractivity contribution in [1.82, 2.24) is 4.90 Å². The van der Waals surface area contributed by atoms with Gasteiger partial charge >= 0.3 is 0 Å². The number of nitrogens with two attached hydrogens (primary N) is 1. The zero-order valence-electron chi connectivity index (χ0n) is 11.4. The fraction of sp³-hybridized carbons (Fsp3) is 0.462. The number of carbonyl (C=O) groups is 1. The van der Waals surface area contributed by atoms with Crippen LogP contribution in [0.2, 0.25) is 0 Å². The van der Waals surface area contributed by atoms with Crippen molar-refractivity contribution in [1.29, 1.82) is 0 Å². The van der Waals surface area contributed by atoms with Crippen LogP contribution in [0.5, 0.6) is 0 Å². The number of halogens is 1. The summed E-state index contributed by atoms with van der Waals surface area (Å²) in [5.41, 5.74) is 1.04. The highest BCUT2D eigenvalue weighted by Crippen LogP contribution is 2.30. The number of hydrogen-bond acceptors (Lipinski definition) is 3. The number of hydrogen-bond donors (Lipinski definition) is 1. The molecule has 0 aliphatic heterocycles. The topological polar surface area (TPSA) is 80.5 Å². The molecular weight excluding hydrogens is 344 g/mol. The SMILES string of the molecule is CCN(C(=O)c1cc(C)c(Br)c(S(N)(=O)=O)c1)C1CC1. The van der Waals surface area contributed by atoms with Crippen molar-refractivity contribution in [2.45, 2.75) is 37.6 Å². The van der Waals surface area contributed by atoms with E-state index in [2.05, 4.69) is 15.9 Å². The number of amides is 1. The van der Waals surface area contributed by atoms with Crippen LogP contribution in [0.15, 0.2) is 21.5 Å². The number of nitrogens with zero attached hydrogens (tertiary/aromatic N) is 1. The highest BCUT2D eigenvalue weighted by atomic mass is 79.9. The standard InChI is InChI=1S/C13H17BrN2O3S/c1-3-16(10-4-5-10)13(17)9-6-8(2)12(14)11(7-9)20(15,18)19/h6-7,10H,3-5H2,1-2H3,(H2,15,18,19). The Morgan fingerprint density at radius 2 is 2.05 bits per heavy atom. The van der Waals surface area contributed by atoms with Gasteiger partial charge < -0.3 is 4.90 Å². The van der Waals surface area contributed by atoms with Gasteiger partial charge in [-0.1, -0.05) is 0 Å². The number of aryl methyl sites for hydroxylation is 1. The maximum Gasteiger partial charge on any atom is 0.254 e. The van der Waals surface area contributed by atoms with E-state index in [9.17, 15) is 13.2 Å². The van der Waals surface area contributed by atoms with Crippen molar-refractivity contribution in [3.63, 3.8) is 0 Å². The summed E-state index contributed by atoms with van der Waals surface area (Å²) >= 11 is 3.21. The molecule has 110 valence electrons. The van der Waals surface area contributed by atoms with E-state index in [1.807, 2.05) is 6.92 Å². The normalized spacial score (nSPS) is 15.2. The van der Waals surface area contributed by atoms with Crippen molar-refractivity contribution in [2.24, 2.45) is 5.14 Å². The third-order valence-electron chi connectivity index (χ3n) is 3.36. The number of sulfonamides is 1. The highest BCUT2D eigenvalue weighted by molar-refractivity contribution is 9.10. The van der Waals surface area contributed by atoms with Crippen molar-refractivity contribution in [3.8, 4) is 0 Å². The van der Waals surface area contributed by atoms with Gasteiger partial charge in [-0.05, 0) is 60.3 Å². The summed E-state index contributed by atoms with van der Waals surface area (Å²) in [4.78, 5) is 14.2. The second-order valence-electron chi connectivity index (χ2n) is 4.97. The molecule has 1 aliphatic carbocycles. The minimum absolute atomic E-state index is 0.0484. The predicted molar refractivity (Wildman–Crippen MR) is 80.0 cm³/mol. The van der Waals surface area contributed by atoms with Crippen molar-refractivity contribution < 1.29 is 13.2 Å². The molecule has 0 spiro atoms. The van der Waals surface area contributed by atoms with E-state index in [1.165, 1.54) is 6.07 Å². The lowest BCUT2D eigenvalue weighted by Gasteiger charge is -2.21. The zero-order chi connectivity index (χ0) is 15.1. The van der Waals surface area contributed by atoms with Gasteiger partial charge in [-0.2, -0.15) is 0 Å². The number of carbonyl (C=O) groups excluding carboxylic acids is 1. The van der Waals surface area contributed by atoms with E-state index < -0.39 is 10.0 Å². The fourth-order valence-corrected chi connectivity index (χ4v) is 3.80. The van der Waals surface area contributed by atoms with Crippen LogP contribution < -0.4 is 5.14 Å². The molecule has 7 heteroatoms. The molecule has 1 aromatic rings. The summed E-state index contributed by atoms with van der Waals surface area (Å²) in [6, 6.07) is 3.32. The Bertz CT molecular complexity index is 654. The first-order chi connectivity index (χ1) is 9.25. The summed E-state index contributed by atoms with van der Waals surface area (Å²) in [6.45, 7) is 4.27. The number of rotatable bonds is 4. The van der Waals surface area contributed by atoms with E-state index in [0.29, 0.717) is 22.1 Å². The van der Waals surface area contributed by atoms with Gasteiger partial charge in [-0.15, -0.1) is 0 Å². The maximum atomic E-state index is 12.5. The molecule has 0 aromatic heterocycles. The first-order valence-corrected chi connectivity index (χ1v) is 8.73. The van der Waals surface area contributed by atoms with Crippen molar-refractivity contribution in [3.05, 3.63) is 27.7 Å². The van der Waals surface area contributed by atoms with Gasteiger partial charge in [-0.25, -0.2) is 13.6 Å². The lowest BCUT2D eigenvalue weighted by molar-refractivity contribution is 0.0752. The summed E-state index contributed by atoms with van der Waals surface area (Å²) in [5.74, 6) is -0.143. The molecule has 0 heterocycles. The molecule has 1 amide bonds. The van der Waals surface area contributed by atoms with E-state index >= 15 is 0 Å². The molecule has 2 rings (SSSR count). The van der Waals surface area contributed by atoms with Crippen LogP contribution in [0.3, 0.4) is 0 Å². The molecule has 20 heavy (non-hydrogen) atoms. The van der Waals surface area contributed by atoms with Crippen LogP contribution in [-0.2, 0) is 10.0 Å². The summed E-state index contributed by atoms with van der Waals surface area (Å²) in [6.07, 6.45) is 2.02. The van der Waals surface area contributed by atoms with Gasteiger partial charge in [0.05, 0.1) is 4.90 Å². The largest absolute Gasteiger partial charge is 0.336 e. The lowest BCUT2D eigenvalue weighted by atomic mass is 10.1. The Morgan fingerprint density at radius 3 is 2.50 bits per heavy atom. The highest BCUT2D eigenvalue weighted by Gasteiger charge is 2.32. The van der Waals surface area contributed by atoms with Crippen molar-refractivity contribution in [2.75, 3.05) is 6.54 Å². The van der Waals surface area contributed by atoms with Gasteiger partial charge in [0, 0.05) is 22.6 Å². The first kappa shape index (κ1) is 15.5. The van der Waals surface area contributed by atoms with Crippen LogP contribution in [0, 0.1) is 6.92 Å². The van der Waals surface area contributed by atoms with Gasteiger partial charge in [0.15, 0.2) is 0 Å². The molecule has 0 radical (unpaired) electrons. The Balaban J connectivity index is 2.47. The second-order valence-corrected chi connectivity index (χ2v) is 7.30. The number of primary sulfonamides is 1. The molecule has 0 saturated heterocycles. The smallest absolute Gasteiger partial charge is 0.254 e. The average molecular weight is 361 g/mol. The maximum absolute atomic E-state index is 12.5. The lowest BCUT2D eigenvalue weighted by Crippen LogP contribution is -2.33. The summed E-state index contributed by atoms with van der Waals surface area (Å²) in [5, 5.41) is 5.19. The van der Waals surface area contributed by atoms with Gasteiger partial charge in [0.2, 0.25) is 10.0 Å². The second kappa shape index (κ2) is 5.46. The zero-order valence-corrected chi connectivity index (χ0v) is 13.8. The summed E-state index contributed by atoms with van der Waals surface area (Å²) < 4.78 is 23.6. The van der Waals surface area contributed by atoms with E-state index in [4.69, 9.17) is 5.14 Å². The van der Waals surface area contributed by atoms with Crippen LogP contribution in [0.1, 0.15) is 35.7 Å². The minimum atomic E-state index is -3.87. The van der Waals surface area contributed by atoms with Gasteiger partial charge in [0.1, 0.15) is 0 Å². The van der Waals surface area contributed by atoms with Crippen LogP contribution >= 0.6 is 15.9 Å². The van der Waals surface area contributed by atoms with E-state index in [0.717, 1.165) is 12.8 Å². The molecule has 1 aliphatic rings. The third kappa shape index (κ3) is 3.05.